The maximum absolute atomic E-state index is 2.35. The van der Waals surface area contributed by atoms with E-state index in [0.717, 1.165) is 0 Å². The topological polar surface area (TPSA) is 0 Å². The standard InChI is InChI=1S/C24H37PS2/c1-4-7-20-25(21-8-5-2,22-9-6-3,26-23-16-12-10-13-17-23)27-24-18-14-11-15-19-24/h10-19H,4-9,20-22H2,1-3H3. The van der Waals surface area contributed by atoms with Crippen LogP contribution in [0, 0.1) is 0 Å². The van der Waals surface area contributed by atoms with Crippen LogP contribution in [-0.4, -0.2) is 18.5 Å². The van der Waals surface area contributed by atoms with Crippen molar-refractivity contribution in [3.05, 3.63) is 60.7 Å². The van der Waals surface area contributed by atoms with E-state index in [1.165, 1.54) is 66.8 Å². The van der Waals surface area contributed by atoms with E-state index < -0.39 is 5.01 Å². The van der Waals surface area contributed by atoms with Gasteiger partial charge in [-0.2, -0.15) is 0 Å². The van der Waals surface area contributed by atoms with Crippen LogP contribution < -0.4 is 0 Å². The van der Waals surface area contributed by atoms with E-state index in [1.54, 1.807) is 0 Å². The Morgan fingerprint density at radius 2 is 0.889 bits per heavy atom. The Hall–Kier alpha value is -0.430. The molecule has 0 radical (unpaired) electrons. The molecule has 0 nitrogen and oxygen atoms in total. The number of hydrogen-bond donors (Lipinski definition) is 0. The van der Waals surface area contributed by atoms with Gasteiger partial charge >= 0.3 is 176 Å². The first-order valence-electron chi connectivity index (χ1n) is 10.7. The fourth-order valence-electron chi connectivity index (χ4n) is 3.66. The third-order valence-electron chi connectivity index (χ3n) is 5.19. The summed E-state index contributed by atoms with van der Waals surface area (Å²) in [5.74, 6) is 0. The van der Waals surface area contributed by atoms with Crippen molar-refractivity contribution in [1.82, 2.24) is 0 Å². The van der Waals surface area contributed by atoms with E-state index >= 15 is 0 Å². The van der Waals surface area contributed by atoms with Crippen LogP contribution in [0.15, 0.2) is 70.5 Å². The first-order chi connectivity index (χ1) is 13.2. The zero-order valence-electron chi connectivity index (χ0n) is 17.4. The minimum absolute atomic E-state index is 1.29. The molecular weight excluding hydrogens is 383 g/mol. The van der Waals surface area contributed by atoms with Crippen LogP contribution in [0.3, 0.4) is 0 Å². The minimum atomic E-state index is -2.06. The second-order valence-electron chi connectivity index (χ2n) is 7.56. The molecule has 0 heterocycles. The normalized spacial score (nSPS) is 13.2. The molecule has 0 aliphatic rings. The summed E-state index contributed by atoms with van der Waals surface area (Å²) in [6, 6.07) is 22.5. The molecule has 2 rings (SSSR count). The quantitative estimate of drug-likeness (QED) is 0.296. The van der Waals surface area contributed by atoms with Crippen LogP contribution in [-0.2, 0) is 0 Å². The molecule has 0 aliphatic carbocycles. The Morgan fingerprint density at radius 3 is 1.19 bits per heavy atom. The zero-order chi connectivity index (χ0) is 19.5. The summed E-state index contributed by atoms with van der Waals surface area (Å²) in [5, 5.41) is -2.06. The first kappa shape index (κ1) is 22.9. The molecule has 0 atom stereocenters. The SMILES string of the molecule is CCCCP(CCCC)(CCCC)(Sc1ccccc1)Sc1ccccc1. The Balaban J connectivity index is 2.52. The van der Waals surface area contributed by atoms with Gasteiger partial charge in [0, 0.05) is 0 Å². The van der Waals surface area contributed by atoms with Crippen LogP contribution in [0.4, 0.5) is 0 Å². The molecular formula is C24H37PS2. The maximum atomic E-state index is 2.35. The molecule has 0 fully saturated rings. The number of benzene rings is 2. The molecule has 0 aromatic heterocycles. The summed E-state index contributed by atoms with van der Waals surface area (Å²) >= 11 is 4.58. The van der Waals surface area contributed by atoms with Crippen LogP contribution in [0.5, 0.6) is 0 Å². The van der Waals surface area contributed by atoms with Gasteiger partial charge in [0.05, 0.1) is 0 Å². The Bertz CT molecular complexity index is 572. The molecule has 3 heteroatoms. The summed E-state index contributed by atoms with van der Waals surface area (Å²) < 4.78 is 0. The van der Waals surface area contributed by atoms with Crippen LogP contribution >= 0.6 is 27.8 Å². The van der Waals surface area contributed by atoms with Crippen molar-refractivity contribution in [3.63, 3.8) is 0 Å². The molecule has 150 valence electrons. The molecule has 0 saturated carbocycles. The molecule has 0 unspecified atom stereocenters. The predicted molar refractivity (Wildman–Crippen MR) is 131 cm³/mol. The van der Waals surface area contributed by atoms with E-state index in [1.807, 2.05) is 0 Å². The van der Waals surface area contributed by atoms with Crippen LogP contribution in [0.25, 0.3) is 0 Å². The van der Waals surface area contributed by atoms with E-state index in [9.17, 15) is 0 Å². The number of unbranched alkanes of at least 4 members (excludes halogenated alkanes) is 3. The zero-order valence-corrected chi connectivity index (χ0v) is 19.9. The van der Waals surface area contributed by atoms with Gasteiger partial charge in [-0.05, 0) is 0 Å². The molecule has 27 heavy (non-hydrogen) atoms. The van der Waals surface area contributed by atoms with Gasteiger partial charge in [0.2, 0.25) is 0 Å². The van der Waals surface area contributed by atoms with Crippen LogP contribution in [0.1, 0.15) is 59.3 Å². The molecule has 0 spiro atoms. The van der Waals surface area contributed by atoms with E-state index in [0.29, 0.717) is 0 Å². The summed E-state index contributed by atoms with van der Waals surface area (Å²) in [6.45, 7) is 7.06. The van der Waals surface area contributed by atoms with Crippen molar-refractivity contribution in [2.75, 3.05) is 18.5 Å². The number of hydrogen-bond acceptors (Lipinski definition) is 2. The van der Waals surface area contributed by atoms with Crippen molar-refractivity contribution in [2.45, 2.75) is 69.1 Å². The molecule has 0 saturated heterocycles. The first-order valence-corrected chi connectivity index (χ1v) is 16.3. The van der Waals surface area contributed by atoms with Gasteiger partial charge in [-0.1, -0.05) is 0 Å². The third kappa shape index (κ3) is 6.84. The van der Waals surface area contributed by atoms with E-state index in [2.05, 4.69) is 104 Å². The van der Waals surface area contributed by atoms with Gasteiger partial charge in [-0.3, -0.25) is 0 Å². The summed E-state index contributed by atoms with van der Waals surface area (Å²) in [6.07, 6.45) is 12.1. The summed E-state index contributed by atoms with van der Waals surface area (Å²) in [7, 11) is 0. The second kappa shape index (κ2) is 11.5. The average molecular weight is 421 g/mol. The van der Waals surface area contributed by atoms with Crippen molar-refractivity contribution in [1.29, 1.82) is 0 Å². The van der Waals surface area contributed by atoms with Crippen LogP contribution in [0.2, 0.25) is 0 Å². The molecule has 0 N–H and O–H groups in total. The van der Waals surface area contributed by atoms with Crippen molar-refractivity contribution < 1.29 is 0 Å². The molecule has 0 amide bonds. The van der Waals surface area contributed by atoms with Crippen molar-refractivity contribution in [3.8, 4) is 0 Å². The van der Waals surface area contributed by atoms with Gasteiger partial charge in [0.15, 0.2) is 0 Å². The fraction of sp³-hybridized carbons (Fsp3) is 0.500. The summed E-state index contributed by atoms with van der Waals surface area (Å²) in [4.78, 5) is 2.95. The third-order valence-corrected chi connectivity index (χ3v) is 19.7. The van der Waals surface area contributed by atoms with Gasteiger partial charge in [-0.15, -0.1) is 0 Å². The average Bonchev–Trinajstić information content (AvgIpc) is 2.71. The van der Waals surface area contributed by atoms with Crippen molar-refractivity contribution >= 4 is 27.8 Å². The molecule has 2 aromatic carbocycles. The van der Waals surface area contributed by atoms with Gasteiger partial charge in [-0.25, -0.2) is 0 Å². The monoisotopic (exact) mass is 420 g/mol. The Morgan fingerprint density at radius 1 is 0.556 bits per heavy atom. The van der Waals surface area contributed by atoms with Crippen molar-refractivity contribution in [2.24, 2.45) is 0 Å². The Kier molecular flexibility index (Phi) is 9.77. The van der Waals surface area contributed by atoms with Gasteiger partial charge in [0.25, 0.3) is 0 Å². The summed E-state index contributed by atoms with van der Waals surface area (Å²) in [5.41, 5.74) is 0. The van der Waals surface area contributed by atoms with E-state index in [-0.39, 0.29) is 0 Å². The molecule has 2 aromatic rings. The van der Waals surface area contributed by atoms with Gasteiger partial charge < -0.3 is 0 Å². The Labute approximate surface area is 175 Å². The number of rotatable bonds is 13. The molecule has 0 bridgehead atoms. The second-order valence-corrected chi connectivity index (χ2v) is 20.8. The predicted octanol–water partition coefficient (Wildman–Crippen LogP) is 9.35. The fourth-order valence-corrected chi connectivity index (χ4v) is 19.5. The molecule has 0 aliphatic heterocycles. The van der Waals surface area contributed by atoms with E-state index in [4.69, 9.17) is 0 Å². The van der Waals surface area contributed by atoms with Gasteiger partial charge in [0.1, 0.15) is 0 Å².